The number of hydrogen-bond acceptors (Lipinski definition) is 3. The van der Waals surface area contributed by atoms with Crippen molar-refractivity contribution in [1.29, 1.82) is 0 Å². The molecule has 18 heavy (non-hydrogen) atoms. The van der Waals surface area contributed by atoms with Crippen LogP contribution in [0.5, 0.6) is 0 Å². The lowest BCUT2D eigenvalue weighted by molar-refractivity contribution is -0.111. The molecule has 1 saturated carbocycles. The van der Waals surface area contributed by atoms with Gasteiger partial charge in [-0.1, -0.05) is 26.7 Å². The van der Waals surface area contributed by atoms with Gasteiger partial charge in [-0.2, -0.15) is 11.8 Å². The summed E-state index contributed by atoms with van der Waals surface area (Å²) in [6.45, 7) is 6.74. The van der Waals surface area contributed by atoms with Gasteiger partial charge < -0.3 is 10.1 Å². The van der Waals surface area contributed by atoms with Gasteiger partial charge >= 0.3 is 0 Å². The van der Waals surface area contributed by atoms with E-state index in [4.69, 9.17) is 4.74 Å². The Morgan fingerprint density at radius 1 is 1.17 bits per heavy atom. The summed E-state index contributed by atoms with van der Waals surface area (Å²) in [4.78, 5) is 0. The molecule has 1 aliphatic carbocycles. The number of morpholine rings is 1. The lowest BCUT2D eigenvalue weighted by Crippen LogP contribution is -2.63. The maximum atomic E-state index is 6.35. The van der Waals surface area contributed by atoms with Crippen LogP contribution in [0.25, 0.3) is 0 Å². The van der Waals surface area contributed by atoms with Gasteiger partial charge in [-0.3, -0.25) is 0 Å². The van der Waals surface area contributed by atoms with Crippen LogP contribution in [-0.4, -0.2) is 35.8 Å². The lowest BCUT2D eigenvalue weighted by atomic mass is 9.71. The van der Waals surface area contributed by atoms with Crippen molar-refractivity contribution in [1.82, 2.24) is 5.32 Å². The highest BCUT2D eigenvalue weighted by Gasteiger charge is 2.52. The predicted molar refractivity (Wildman–Crippen MR) is 78.1 cm³/mol. The monoisotopic (exact) mass is 269 g/mol. The van der Waals surface area contributed by atoms with Crippen LogP contribution < -0.4 is 5.32 Å². The van der Waals surface area contributed by atoms with E-state index >= 15 is 0 Å². The number of rotatable bonds is 1. The van der Waals surface area contributed by atoms with Crippen molar-refractivity contribution in [2.75, 3.05) is 18.9 Å². The summed E-state index contributed by atoms with van der Waals surface area (Å²) in [5.74, 6) is 3.07. The first-order valence-corrected chi connectivity index (χ1v) is 8.76. The molecule has 2 aliphatic heterocycles. The summed E-state index contributed by atoms with van der Waals surface area (Å²) in [7, 11) is 0. The fourth-order valence-corrected chi connectivity index (χ4v) is 5.65. The molecule has 2 saturated heterocycles. The third kappa shape index (κ3) is 2.23. The average Bonchev–Trinajstić information content (AvgIpc) is 2.74. The molecule has 3 fully saturated rings. The van der Waals surface area contributed by atoms with E-state index in [1.165, 1.54) is 37.9 Å². The molecule has 3 unspecified atom stereocenters. The topological polar surface area (TPSA) is 21.3 Å². The van der Waals surface area contributed by atoms with E-state index in [-0.39, 0.29) is 5.60 Å². The maximum absolute atomic E-state index is 6.35. The zero-order valence-corrected chi connectivity index (χ0v) is 12.6. The second-order valence-electron chi connectivity index (χ2n) is 6.52. The third-order valence-corrected chi connectivity index (χ3v) is 6.78. The molecule has 2 nitrogen and oxygen atoms in total. The van der Waals surface area contributed by atoms with Crippen molar-refractivity contribution in [2.45, 2.75) is 62.8 Å². The minimum Gasteiger partial charge on any atom is -0.371 e. The largest absolute Gasteiger partial charge is 0.371 e. The zero-order valence-electron chi connectivity index (χ0n) is 11.8. The molecule has 0 aromatic rings. The molecule has 0 amide bonds. The van der Waals surface area contributed by atoms with Crippen molar-refractivity contribution in [2.24, 2.45) is 11.8 Å². The highest BCUT2D eigenvalue weighted by molar-refractivity contribution is 8.00. The molecule has 104 valence electrons. The molecule has 3 atom stereocenters. The SMILES string of the molecule is CC1CCC(C2NCCOC23CCSC3C)CC1. The van der Waals surface area contributed by atoms with E-state index in [0.717, 1.165) is 25.0 Å². The number of thioether (sulfide) groups is 1. The molecule has 1 spiro atoms. The summed E-state index contributed by atoms with van der Waals surface area (Å²) in [6, 6.07) is 0.615. The first-order valence-electron chi connectivity index (χ1n) is 7.71. The standard InChI is InChI=1S/C15H27NOS/c1-11-3-5-13(6-4-11)14-15(17-9-8-16-14)7-10-18-12(15)2/h11-14,16H,3-10H2,1-2H3. The Hall–Kier alpha value is 0.270. The minimum absolute atomic E-state index is 0.147. The van der Waals surface area contributed by atoms with Crippen LogP contribution >= 0.6 is 11.8 Å². The Balaban J connectivity index is 1.75. The van der Waals surface area contributed by atoms with E-state index in [9.17, 15) is 0 Å². The smallest absolute Gasteiger partial charge is 0.0960 e. The Labute approximate surface area is 116 Å². The van der Waals surface area contributed by atoms with Gasteiger partial charge in [-0.05, 0) is 36.9 Å². The van der Waals surface area contributed by atoms with Crippen LogP contribution in [-0.2, 0) is 4.74 Å². The van der Waals surface area contributed by atoms with Crippen LogP contribution in [0.1, 0.15) is 46.0 Å². The van der Waals surface area contributed by atoms with Crippen molar-refractivity contribution in [3.8, 4) is 0 Å². The van der Waals surface area contributed by atoms with Crippen LogP contribution in [0.3, 0.4) is 0 Å². The molecule has 3 rings (SSSR count). The Morgan fingerprint density at radius 3 is 2.61 bits per heavy atom. The van der Waals surface area contributed by atoms with Gasteiger partial charge in [0.2, 0.25) is 0 Å². The van der Waals surface area contributed by atoms with Crippen LogP contribution in [0.4, 0.5) is 0 Å². The van der Waals surface area contributed by atoms with Crippen molar-refractivity contribution < 1.29 is 4.74 Å². The van der Waals surface area contributed by atoms with Gasteiger partial charge in [0, 0.05) is 17.8 Å². The zero-order chi connectivity index (χ0) is 12.6. The molecule has 0 bridgehead atoms. The van der Waals surface area contributed by atoms with Crippen molar-refractivity contribution in [3.05, 3.63) is 0 Å². The van der Waals surface area contributed by atoms with Gasteiger partial charge in [0.15, 0.2) is 0 Å². The fraction of sp³-hybridized carbons (Fsp3) is 1.00. The van der Waals surface area contributed by atoms with Crippen molar-refractivity contribution >= 4 is 11.8 Å². The average molecular weight is 269 g/mol. The summed E-state index contributed by atoms with van der Waals surface area (Å²) >= 11 is 2.11. The van der Waals surface area contributed by atoms with E-state index in [1.54, 1.807) is 0 Å². The molecular formula is C15H27NOS. The summed E-state index contributed by atoms with van der Waals surface area (Å²) in [6.07, 6.45) is 6.89. The Bertz CT molecular complexity index is 290. The minimum atomic E-state index is 0.147. The van der Waals surface area contributed by atoms with Gasteiger partial charge in [0.1, 0.15) is 0 Å². The number of hydrogen-bond donors (Lipinski definition) is 1. The third-order valence-electron chi connectivity index (χ3n) is 5.44. The van der Waals surface area contributed by atoms with Gasteiger partial charge in [0.05, 0.1) is 12.2 Å². The van der Waals surface area contributed by atoms with Crippen LogP contribution in [0.2, 0.25) is 0 Å². The van der Waals surface area contributed by atoms with Gasteiger partial charge in [-0.25, -0.2) is 0 Å². The molecule has 1 N–H and O–H groups in total. The first kappa shape index (κ1) is 13.3. The predicted octanol–water partition coefficient (Wildman–Crippen LogP) is 3.07. The fourth-order valence-electron chi connectivity index (χ4n) is 4.24. The highest BCUT2D eigenvalue weighted by Crippen LogP contribution is 2.46. The summed E-state index contributed by atoms with van der Waals surface area (Å²) in [5, 5.41) is 4.49. The second-order valence-corrected chi connectivity index (χ2v) is 7.97. The summed E-state index contributed by atoms with van der Waals surface area (Å²) < 4.78 is 6.35. The first-order chi connectivity index (χ1) is 8.72. The molecule has 2 heterocycles. The molecular weight excluding hydrogens is 242 g/mol. The quantitative estimate of drug-likeness (QED) is 0.790. The van der Waals surface area contributed by atoms with Crippen LogP contribution in [0, 0.1) is 11.8 Å². The Kier molecular flexibility index (Phi) is 3.93. The lowest BCUT2D eigenvalue weighted by Gasteiger charge is -2.49. The van der Waals surface area contributed by atoms with Gasteiger partial charge in [0.25, 0.3) is 0 Å². The molecule has 0 aromatic heterocycles. The molecule has 3 aliphatic rings. The Morgan fingerprint density at radius 2 is 1.94 bits per heavy atom. The highest BCUT2D eigenvalue weighted by atomic mass is 32.2. The van der Waals surface area contributed by atoms with E-state index in [2.05, 4.69) is 30.9 Å². The number of nitrogens with one attached hydrogen (secondary N) is 1. The van der Waals surface area contributed by atoms with Crippen molar-refractivity contribution in [3.63, 3.8) is 0 Å². The summed E-state index contributed by atoms with van der Waals surface area (Å²) in [5.41, 5.74) is 0.147. The van der Waals surface area contributed by atoms with Crippen LogP contribution in [0.15, 0.2) is 0 Å². The normalized spacial score (nSPS) is 49.7. The number of ether oxygens (including phenoxy) is 1. The van der Waals surface area contributed by atoms with E-state index < -0.39 is 0 Å². The van der Waals surface area contributed by atoms with E-state index in [1.807, 2.05) is 0 Å². The molecule has 0 radical (unpaired) electrons. The second kappa shape index (κ2) is 5.34. The maximum Gasteiger partial charge on any atom is 0.0960 e. The molecule has 0 aromatic carbocycles. The van der Waals surface area contributed by atoms with E-state index in [0.29, 0.717) is 11.3 Å². The van der Waals surface area contributed by atoms with Gasteiger partial charge in [-0.15, -0.1) is 0 Å². The molecule has 3 heteroatoms.